The van der Waals surface area contributed by atoms with E-state index in [4.69, 9.17) is 23.4 Å². The number of ether oxygens (including phenoxy) is 4. The molecule has 0 bridgehead atoms. The molecule has 0 amide bonds. The Kier molecular flexibility index (Phi) is 8.48. The van der Waals surface area contributed by atoms with E-state index in [1.165, 1.54) is 13.8 Å². The fourth-order valence-electron chi connectivity index (χ4n) is 8.29. The summed E-state index contributed by atoms with van der Waals surface area (Å²) in [4.78, 5) is 42.1. The molecular formula is C33H43NO9. The summed E-state index contributed by atoms with van der Waals surface area (Å²) in [6.07, 6.45) is 4.54. The number of aromatic nitrogens is 1. The van der Waals surface area contributed by atoms with Crippen molar-refractivity contribution in [3.8, 4) is 17.1 Å². The van der Waals surface area contributed by atoms with Crippen molar-refractivity contribution >= 4 is 11.9 Å². The Bertz CT molecular complexity index is 1410. The molecule has 0 spiro atoms. The average Bonchev–Trinajstić information content (AvgIpc) is 2.94. The van der Waals surface area contributed by atoms with E-state index in [1.54, 1.807) is 30.6 Å². The molecule has 0 saturated heterocycles. The summed E-state index contributed by atoms with van der Waals surface area (Å²) in [5.41, 5.74) is -2.52. The lowest BCUT2D eigenvalue weighted by atomic mass is 9.42. The second-order valence-electron chi connectivity index (χ2n) is 13.1. The highest BCUT2D eigenvalue weighted by Crippen LogP contribution is 2.67. The number of hydrogen-bond donors (Lipinski definition) is 1. The van der Waals surface area contributed by atoms with Crippen LogP contribution < -0.4 is 10.4 Å². The number of fused-ring (bicyclic) bond motifs is 4. The summed E-state index contributed by atoms with van der Waals surface area (Å²) < 4.78 is 30.5. The maximum atomic E-state index is 13.5. The fourth-order valence-corrected chi connectivity index (χ4v) is 8.29. The van der Waals surface area contributed by atoms with Gasteiger partial charge in [0.25, 0.3) is 0 Å². The second-order valence-corrected chi connectivity index (χ2v) is 13.1. The van der Waals surface area contributed by atoms with Gasteiger partial charge in [-0.1, -0.05) is 27.2 Å². The third-order valence-electron chi connectivity index (χ3n) is 10.2. The molecule has 10 heteroatoms. The number of esters is 2. The van der Waals surface area contributed by atoms with E-state index in [0.29, 0.717) is 31.4 Å². The first-order valence-electron chi connectivity index (χ1n) is 15.2. The number of carbonyl (C=O) groups is 2. The van der Waals surface area contributed by atoms with E-state index < -0.39 is 52.1 Å². The summed E-state index contributed by atoms with van der Waals surface area (Å²) in [7, 11) is 0. The van der Waals surface area contributed by atoms with Gasteiger partial charge < -0.3 is 28.5 Å². The Morgan fingerprint density at radius 2 is 1.93 bits per heavy atom. The van der Waals surface area contributed by atoms with Crippen molar-refractivity contribution in [3.05, 3.63) is 46.6 Å². The molecule has 2 aromatic rings. The van der Waals surface area contributed by atoms with E-state index in [1.807, 2.05) is 6.92 Å². The summed E-state index contributed by atoms with van der Waals surface area (Å²) >= 11 is 0. The van der Waals surface area contributed by atoms with Crippen molar-refractivity contribution in [1.82, 2.24) is 4.98 Å². The molecular weight excluding hydrogens is 554 g/mol. The number of nitrogens with zero attached hydrogens (tertiary/aromatic N) is 1. The van der Waals surface area contributed by atoms with Crippen LogP contribution in [0.4, 0.5) is 0 Å². The molecule has 8 atom stereocenters. The molecule has 43 heavy (non-hydrogen) atoms. The van der Waals surface area contributed by atoms with Gasteiger partial charge in [-0.25, -0.2) is 4.79 Å². The number of aliphatic hydroxyl groups excluding tert-OH is 1. The summed E-state index contributed by atoms with van der Waals surface area (Å²) in [5.74, 6) is -1.29. The minimum Gasteiger partial charge on any atom is -0.482 e. The van der Waals surface area contributed by atoms with Crippen LogP contribution in [0.15, 0.2) is 39.8 Å². The Hall–Kier alpha value is -3.24. The van der Waals surface area contributed by atoms with Gasteiger partial charge in [0, 0.05) is 55.8 Å². The predicted octanol–water partition coefficient (Wildman–Crippen LogP) is 5.01. The molecule has 1 N–H and O–H groups in total. The van der Waals surface area contributed by atoms with Crippen LogP contribution in [0.25, 0.3) is 11.3 Å². The molecule has 3 aliphatic rings. The molecule has 2 fully saturated rings. The lowest BCUT2D eigenvalue weighted by Crippen LogP contribution is -2.71. The zero-order valence-corrected chi connectivity index (χ0v) is 25.9. The average molecular weight is 598 g/mol. The highest BCUT2D eigenvalue weighted by molar-refractivity contribution is 5.66. The van der Waals surface area contributed by atoms with Gasteiger partial charge >= 0.3 is 17.6 Å². The first kappa shape index (κ1) is 31.2. The van der Waals surface area contributed by atoms with E-state index in [-0.39, 0.29) is 35.7 Å². The Labute approximate surface area is 252 Å². The smallest absolute Gasteiger partial charge is 0.345 e. The number of carbonyl (C=O) groups excluding carboxylic acids is 2. The summed E-state index contributed by atoms with van der Waals surface area (Å²) in [6, 6.07) is 5.09. The van der Waals surface area contributed by atoms with Gasteiger partial charge in [0.1, 0.15) is 28.8 Å². The largest absolute Gasteiger partial charge is 0.482 e. The molecule has 1 aliphatic heterocycles. The molecule has 234 valence electrons. The van der Waals surface area contributed by atoms with Crippen LogP contribution in [-0.2, 0) is 23.8 Å². The van der Waals surface area contributed by atoms with Crippen LogP contribution in [0, 0.1) is 22.7 Å². The van der Waals surface area contributed by atoms with Crippen molar-refractivity contribution in [2.24, 2.45) is 22.7 Å². The molecule has 3 heterocycles. The van der Waals surface area contributed by atoms with Gasteiger partial charge in [-0.05, 0) is 56.1 Å². The van der Waals surface area contributed by atoms with Crippen LogP contribution >= 0.6 is 0 Å². The maximum absolute atomic E-state index is 13.5. The summed E-state index contributed by atoms with van der Waals surface area (Å²) in [5, 5.41) is 12.1. The SMILES string of the molecule is CCCCO[C@H]1CC[C@@]2(C)[C@@H](C[C@H](OC(C)=O)[C@@]3(C)Oc4cc(-c5cccnc5)oc(=O)c4[C@H](O)[C@H]23)[C@]1(C)COC(C)=O. The van der Waals surface area contributed by atoms with Gasteiger partial charge in [-0.15, -0.1) is 0 Å². The topological polar surface area (TPSA) is 134 Å². The van der Waals surface area contributed by atoms with E-state index in [9.17, 15) is 19.5 Å². The van der Waals surface area contributed by atoms with Gasteiger partial charge in [0.2, 0.25) is 0 Å². The van der Waals surface area contributed by atoms with Gasteiger partial charge in [-0.3, -0.25) is 14.6 Å². The van der Waals surface area contributed by atoms with Crippen LogP contribution in [0.5, 0.6) is 5.75 Å². The van der Waals surface area contributed by atoms with Crippen LogP contribution in [0.3, 0.4) is 0 Å². The van der Waals surface area contributed by atoms with Crippen LogP contribution in [-0.4, -0.2) is 53.1 Å². The molecule has 10 nitrogen and oxygen atoms in total. The Balaban J connectivity index is 1.63. The molecule has 5 rings (SSSR count). The van der Waals surface area contributed by atoms with Crippen molar-refractivity contribution in [1.29, 1.82) is 0 Å². The first-order valence-corrected chi connectivity index (χ1v) is 15.2. The predicted molar refractivity (Wildman–Crippen MR) is 156 cm³/mol. The summed E-state index contributed by atoms with van der Waals surface area (Å²) in [6.45, 7) is 11.5. The molecule has 2 saturated carbocycles. The normalized spacial score (nSPS) is 34.6. The third-order valence-corrected chi connectivity index (χ3v) is 10.2. The minimum absolute atomic E-state index is 0.0431. The Morgan fingerprint density at radius 3 is 2.58 bits per heavy atom. The van der Waals surface area contributed by atoms with Gasteiger partial charge in [-0.2, -0.15) is 0 Å². The lowest BCUT2D eigenvalue weighted by Gasteiger charge is -2.66. The number of unbranched alkanes of at least 4 members (excludes halogenated alkanes) is 1. The van der Waals surface area contributed by atoms with Crippen LogP contribution in [0.1, 0.15) is 85.3 Å². The highest BCUT2D eigenvalue weighted by Gasteiger charge is 2.70. The van der Waals surface area contributed by atoms with Gasteiger partial charge in [0.15, 0.2) is 0 Å². The zero-order valence-electron chi connectivity index (χ0n) is 25.9. The fraction of sp³-hybridized carbons (Fsp3) is 0.636. The number of rotatable bonds is 8. The number of pyridine rings is 1. The number of hydrogen-bond acceptors (Lipinski definition) is 10. The highest BCUT2D eigenvalue weighted by atomic mass is 16.6. The zero-order chi connectivity index (χ0) is 31.2. The third kappa shape index (κ3) is 5.37. The second kappa shape index (κ2) is 11.7. The van der Waals surface area contributed by atoms with Crippen LogP contribution in [0.2, 0.25) is 0 Å². The van der Waals surface area contributed by atoms with Crippen molar-refractivity contribution in [2.75, 3.05) is 13.2 Å². The molecule has 0 radical (unpaired) electrons. The van der Waals surface area contributed by atoms with Crippen molar-refractivity contribution < 1.29 is 38.1 Å². The molecule has 0 unspecified atom stereocenters. The number of aliphatic hydroxyl groups is 1. The molecule has 2 aliphatic carbocycles. The molecule has 0 aromatic carbocycles. The monoisotopic (exact) mass is 597 g/mol. The standard InChI is InChI=1S/C33H43NO9/c1-7-8-14-39-25-11-12-31(4)24(32(25,5)18-40-19(2)35)16-26(41-20(3)36)33(6)29(31)28(37)27-23(43-33)15-22(42-30(27)38)21-10-9-13-34-17-21/h9-10,13,15,17,24-26,28-29,37H,7-8,11-12,14,16,18H2,1-6H3/t24-,25+,26+,28+,29-,31+,32+,33-/m1/s1. The molecule has 2 aromatic heterocycles. The van der Waals surface area contributed by atoms with Crippen molar-refractivity contribution in [3.63, 3.8) is 0 Å². The minimum atomic E-state index is -1.27. The quantitative estimate of drug-likeness (QED) is 0.327. The maximum Gasteiger partial charge on any atom is 0.345 e. The van der Waals surface area contributed by atoms with E-state index in [0.717, 1.165) is 12.8 Å². The first-order chi connectivity index (χ1) is 20.3. The van der Waals surface area contributed by atoms with Crippen molar-refractivity contribution in [2.45, 2.75) is 97.6 Å². The van der Waals surface area contributed by atoms with E-state index in [2.05, 4.69) is 25.8 Å². The Morgan fingerprint density at radius 1 is 1.16 bits per heavy atom. The lowest BCUT2D eigenvalue weighted by molar-refractivity contribution is -0.273. The van der Waals surface area contributed by atoms with Gasteiger partial charge in [0.05, 0.1) is 18.8 Å². The van der Waals surface area contributed by atoms with E-state index >= 15 is 0 Å².